The Kier molecular flexibility index (Phi) is 4.60. The number of hydrogen-bond donors (Lipinski definition) is 1. The van der Waals surface area contributed by atoms with E-state index in [4.69, 9.17) is 0 Å². The number of halogens is 2. The van der Waals surface area contributed by atoms with E-state index in [0.29, 0.717) is 17.8 Å². The maximum Gasteiger partial charge on any atom is 0.124 e. The SMILES string of the molecule is CC(C)(C)C1CCC(O)(Cc2cc(F)cc(Br)c2)CC1. The largest absolute Gasteiger partial charge is 0.390 e. The minimum Gasteiger partial charge on any atom is -0.390 e. The Labute approximate surface area is 129 Å². The van der Waals surface area contributed by atoms with Gasteiger partial charge in [0, 0.05) is 10.9 Å². The summed E-state index contributed by atoms with van der Waals surface area (Å²) in [6, 6.07) is 4.87. The summed E-state index contributed by atoms with van der Waals surface area (Å²) in [6.45, 7) is 6.81. The molecule has 1 saturated carbocycles. The topological polar surface area (TPSA) is 20.2 Å². The first kappa shape index (κ1) is 16.0. The molecule has 0 amide bonds. The van der Waals surface area contributed by atoms with Crippen molar-refractivity contribution >= 4 is 15.9 Å². The summed E-state index contributed by atoms with van der Waals surface area (Å²) in [7, 11) is 0. The molecular formula is C17H24BrFO. The van der Waals surface area contributed by atoms with Gasteiger partial charge in [-0.2, -0.15) is 0 Å². The first-order chi connectivity index (χ1) is 9.18. The van der Waals surface area contributed by atoms with Crippen molar-refractivity contribution in [1.82, 2.24) is 0 Å². The zero-order valence-electron chi connectivity index (χ0n) is 12.5. The monoisotopic (exact) mass is 342 g/mol. The fraction of sp³-hybridized carbons (Fsp3) is 0.647. The third-order valence-corrected chi connectivity index (χ3v) is 5.05. The zero-order valence-corrected chi connectivity index (χ0v) is 14.1. The Balaban J connectivity index is 2.03. The molecule has 0 saturated heterocycles. The molecular weight excluding hydrogens is 319 g/mol. The molecule has 0 unspecified atom stereocenters. The van der Waals surface area contributed by atoms with Crippen LogP contribution in [-0.4, -0.2) is 10.7 Å². The first-order valence-electron chi connectivity index (χ1n) is 7.35. The van der Waals surface area contributed by atoms with Crippen LogP contribution in [0, 0.1) is 17.2 Å². The lowest BCUT2D eigenvalue weighted by Crippen LogP contribution is -2.39. The van der Waals surface area contributed by atoms with Gasteiger partial charge in [0.25, 0.3) is 0 Å². The van der Waals surface area contributed by atoms with Crippen molar-refractivity contribution in [1.29, 1.82) is 0 Å². The van der Waals surface area contributed by atoms with Crippen LogP contribution >= 0.6 is 15.9 Å². The Bertz CT molecular complexity index is 450. The van der Waals surface area contributed by atoms with Crippen molar-refractivity contribution in [2.24, 2.45) is 11.3 Å². The summed E-state index contributed by atoms with van der Waals surface area (Å²) in [4.78, 5) is 0. The molecule has 0 spiro atoms. The molecule has 0 bridgehead atoms. The van der Waals surface area contributed by atoms with E-state index in [1.165, 1.54) is 12.1 Å². The average Bonchev–Trinajstić information content (AvgIpc) is 2.25. The minimum atomic E-state index is -0.672. The average molecular weight is 343 g/mol. The van der Waals surface area contributed by atoms with Gasteiger partial charge < -0.3 is 5.11 Å². The molecule has 2 rings (SSSR count). The molecule has 0 atom stereocenters. The van der Waals surface area contributed by atoms with Crippen LogP contribution in [-0.2, 0) is 6.42 Å². The van der Waals surface area contributed by atoms with E-state index in [1.807, 2.05) is 6.07 Å². The molecule has 1 aliphatic rings. The molecule has 1 aromatic rings. The fourth-order valence-electron chi connectivity index (χ4n) is 3.29. The van der Waals surface area contributed by atoms with Crippen LogP contribution < -0.4 is 0 Å². The molecule has 1 fully saturated rings. The van der Waals surface area contributed by atoms with Crippen molar-refractivity contribution in [3.8, 4) is 0 Å². The van der Waals surface area contributed by atoms with Crippen LogP contribution in [0.25, 0.3) is 0 Å². The fourth-order valence-corrected chi connectivity index (χ4v) is 3.80. The Morgan fingerprint density at radius 3 is 2.35 bits per heavy atom. The number of aliphatic hydroxyl groups is 1. The molecule has 1 N–H and O–H groups in total. The number of hydrogen-bond acceptors (Lipinski definition) is 1. The van der Waals surface area contributed by atoms with E-state index in [1.54, 1.807) is 0 Å². The Hall–Kier alpha value is -0.410. The Morgan fingerprint density at radius 2 is 1.85 bits per heavy atom. The predicted molar refractivity (Wildman–Crippen MR) is 84.2 cm³/mol. The molecule has 112 valence electrons. The standard InChI is InChI=1S/C17H24BrFO/c1-16(2,3)13-4-6-17(20,7-5-13)11-12-8-14(18)10-15(19)9-12/h8-10,13,20H,4-7,11H2,1-3H3. The van der Waals surface area contributed by atoms with Gasteiger partial charge in [-0.3, -0.25) is 0 Å². The highest BCUT2D eigenvalue weighted by atomic mass is 79.9. The van der Waals surface area contributed by atoms with Crippen molar-refractivity contribution < 1.29 is 9.50 Å². The van der Waals surface area contributed by atoms with Gasteiger partial charge >= 0.3 is 0 Å². The normalized spacial score (nSPS) is 27.6. The minimum absolute atomic E-state index is 0.249. The molecule has 0 heterocycles. The lowest BCUT2D eigenvalue weighted by atomic mass is 9.67. The molecule has 0 radical (unpaired) electrons. The van der Waals surface area contributed by atoms with Crippen LogP contribution in [0.3, 0.4) is 0 Å². The van der Waals surface area contributed by atoms with E-state index in [0.717, 1.165) is 35.7 Å². The maximum absolute atomic E-state index is 13.4. The van der Waals surface area contributed by atoms with Gasteiger partial charge in [0.1, 0.15) is 5.82 Å². The van der Waals surface area contributed by atoms with Gasteiger partial charge in [-0.1, -0.05) is 36.7 Å². The smallest absolute Gasteiger partial charge is 0.124 e. The van der Waals surface area contributed by atoms with Gasteiger partial charge in [0.05, 0.1) is 5.60 Å². The van der Waals surface area contributed by atoms with Gasteiger partial charge in [-0.05, 0) is 60.8 Å². The Morgan fingerprint density at radius 1 is 1.25 bits per heavy atom. The van der Waals surface area contributed by atoms with E-state index < -0.39 is 5.60 Å². The van der Waals surface area contributed by atoms with E-state index in [2.05, 4.69) is 36.7 Å². The van der Waals surface area contributed by atoms with Gasteiger partial charge in [-0.25, -0.2) is 4.39 Å². The summed E-state index contributed by atoms with van der Waals surface area (Å²) in [5.74, 6) is 0.420. The van der Waals surface area contributed by atoms with Crippen LogP contribution in [0.4, 0.5) is 4.39 Å². The highest BCUT2D eigenvalue weighted by molar-refractivity contribution is 9.10. The maximum atomic E-state index is 13.4. The second-order valence-electron chi connectivity index (χ2n) is 7.32. The van der Waals surface area contributed by atoms with E-state index in [9.17, 15) is 9.50 Å². The second kappa shape index (κ2) is 5.76. The van der Waals surface area contributed by atoms with E-state index in [-0.39, 0.29) is 5.82 Å². The third-order valence-electron chi connectivity index (χ3n) is 4.60. The quantitative estimate of drug-likeness (QED) is 0.792. The molecule has 3 heteroatoms. The highest BCUT2D eigenvalue weighted by Gasteiger charge is 2.37. The van der Waals surface area contributed by atoms with Crippen molar-refractivity contribution in [2.45, 2.75) is 58.5 Å². The van der Waals surface area contributed by atoms with Crippen molar-refractivity contribution in [3.63, 3.8) is 0 Å². The summed E-state index contributed by atoms with van der Waals surface area (Å²) in [6.07, 6.45) is 4.26. The van der Waals surface area contributed by atoms with Crippen LogP contribution in [0.15, 0.2) is 22.7 Å². The van der Waals surface area contributed by atoms with Gasteiger partial charge in [-0.15, -0.1) is 0 Å². The highest BCUT2D eigenvalue weighted by Crippen LogP contribution is 2.42. The first-order valence-corrected chi connectivity index (χ1v) is 8.15. The van der Waals surface area contributed by atoms with Crippen molar-refractivity contribution in [2.75, 3.05) is 0 Å². The van der Waals surface area contributed by atoms with E-state index >= 15 is 0 Å². The molecule has 1 aliphatic carbocycles. The number of rotatable bonds is 2. The van der Waals surface area contributed by atoms with Crippen LogP contribution in [0.5, 0.6) is 0 Å². The van der Waals surface area contributed by atoms with Gasteiger partial charge in [0.2, 0.25) is 0 Å². The van der Waals surface area contributed by atoms with Crippen LogP contribution in [0.2, 0.25) is 0 Å². The third kappa shape index (κ3) is 4.05. The molecule has 20 heavy (non-hydrogen) atoms. The molecule has 1 nitrogen and oxygen atoms in total. The lowest BCUT2D eigenvalue weighted by Gasteiger charge is -2.41. The summed E-state index contributed by atoms with van der Waals surface area (Å²) in [5, 5.41) is 10.8. The molecule has 0 aromatic heterocycles. The second-order valence-corrected chi connectivity index (χ2v) is 8.23. The summed E-state index contributed by atoms with van der Waals surface area (Å²) in [5.41, 5.74) is 0.506. The zero-order chi connectivity index (χ0) is 15.0. The van der Waals surface area contributed by atoms with Crippen molar-refractivity contribution in [3.05, 3.63) is 34.1 Å². The predicted octanol–water partition coefficient (Wildman–Crippen LogP) is 5.10. The molecule has 0 aliphatic heterocycles. The lowest BCUT2D eigenvalue weighted by molar-refractivity contribution is -0.0245. The van der Waals surface area contributed by atoms with Crippen LogP contribution in [0.1, 0.15) is 52.0 Å². The summed E-state index contributed by atoms with van der Waals surface area (Å²) < 4.78 is 14.1. The van der Waals surface area contributed by atoms with Gasteiger partial charge in [0.15, 0.2) is 0 Å². The summed E-state index contributed by atoms with van der Waals surface area (Å²) >= 11 is 3.31. The molecule has 1 aromatic carbocycles. The number of benzene rings is 1.